The van der Waals surface area contributed by atoms with E-state index in [0.717, 1.165) is 20.9 Å². The molecule has 0 saturated carbocycles. The highest BCUT2D eigenvalue weighted by molar-refractivity contribution is 9.10. The average Bonchev–Trinajstić information content (AvgIpc) is 2.16. The number of rotatable bonds is 1. The van der Waals surface area contributed by atoms with E-state index in [1.165, 1.54) is 0 Å². The van der Waals surface area contributed by atoms with Crippen LogP contribution in [0.5, 0.6) is 0 Å². The highest BCUT2D eigenvalue weighted by Gasteiger charge is 2.02. The summed E-state index contributed by atoms with van der Waals surface area (Å²) in [5.74, 6) is 0. The van der Waals surface area contributed by atoms with Crippen molar-refractivity contribution in [2.24, 2.45) is 0 Å². The van der Waals surface area contributed by atoms with Crippen LogP contribution in [-0.2, 0) is 0 Å². The summed E-state index contributed by atoms with van der Waals surface area (Å²) >= 11 is 3.39. The monoisotopic (exact) mass is 250 g/mol. The fraction of sp³-hybridized carbons (Fsp3) is 0.100. The maximum atomic E-state index is 10.5. The molecule has 0 aliphatic heterocycles. The number of aromatic nitrogens is 2. The molecule has 2 rings (SSSR count). The molecule has 4 heteroatoms. The van der Waals surface area contributed by atoms with Gasteiger partial charge in [0.2, 0.25) is 0 Å². The molecule has 0 fully saturated rings. The average molecular weight is 251 g/mol. The van der Waals surface area contributed by atoms with Gasteiger partial charge in [-0.3, -0.25) is 4.79 Å². The summed E-state index contributed by atoms with van der Waals surface area (Å²) in [7, 11) is 0. The van der Waals surface area contributed by atoms with Gasteiger partial charge in [-0.1, -0.05) is 15.9 Å². The molecule has 0 aliphatic carbocycles. The fourth-order valence-corrected chi connectivity index (χ4v) is 1.95. The van der Waals surface area contributed by atoms with Gasteiger partial charge in [-0.15, -0.1) is 10.2 Å². The van der Waals surface area contributed by atoms with Crippen molar-refractivity contribution < 1.29 is 4.79 Å². The minimum Gasteiger partial charge on any atom is -0.296 e. The first-order valence-corrected chi connectivity index (χ1v) is 4.89. The third-order valence-electron chi connectivity index (χ3n) is 1.98. The van der Waals surface area contributed by atoms with Crippen LogP contribution in [-0.4, -0.2) is 16.5 Å². The molecule has 0 amide bonds. The molecule has 0 atom stereocenters. The van der Waals surface area contributed by atoms with Crippen molar-refractivity contribution in [3.05, 3.63) is 33.9 Å². The lowest BCUT2D eigenvalue weighted by atomic mass is 10.1. The number of fused-ring (bicyclic) bond motifs is 1. The molecule has 0 unspecified atom stereocenters. The van der Waals surface area contributed by atoms with Gasteiger partial charge < -0.3 is 0 Å². The molecular formula is C10H7BrN2O. The smallest absolute Gasteiger partial charge is 0.170 e. The van der Waals surface area contributed by atoms with Gasteiger partial charge in [0, 0.05) is 9.86 Å². The normalized spacial score (nSPS) is 10.4. The first-order chi connectivity index (χ1) is 6.70. The summed E-state index contributed by atoms with van der Waals surface area (Å²) in [5, 5.41) is 8.70. The Morgan fingerprint density at radius 1 is 1.29 bits per heavy atom. The fourth-order valence-electron chi connectivity index (χ4n) is 1.36. The Labute approximate surface area is 89.3 Å². The van der Waals surface area contributed by atoms with E-state index in [1.807, 2.05) is 19.1 Å². The van der Waals surface area contributed by atoms with E-state index in [-0.39, 0.29) is 0 Å². The van der Waals surface area contributed by atoms with Crippen LogP contribution in [0.3, 0.4) is 0 Å². The van der Waals surface area contributed by atoms with Gasteiger partial charge in [0.05, 0.1) is 5.52 Å². The third-order valence-corrected chi connectivity index (χ3v) is 2.44. The van der Waals surface area contributed by atoms with Crippen molar-refractivity contribution in [3.8, 4) is 0 Å². The SMILES string of the molecule is Cc1cc(Br)cc2cc(C=O)nnc12. The molecule has 70 valence electrons. The maximum Gasteiger partial charge on any atom is 0.170 e. The predicted octanol–water partition coefficient (Wildman–Crippen LogP) is 2.51. The van der Waals surface area contributed by atoms with Gasteiger partial charge >= 0.3 is 0 Å². The van der Waals surface area contributed by atoms with Crippen LogP contribution in [0.1, 0.15) is 16.1 Å². The standard InChI is InChI=1S/C10H7BrN2O/c1-6-2-8(11)3-7-4-9(5-14)12-13-10(6)7/h2-5H,1H3. The second kappa shape index (κ2) is 3.46. The van der Waals surface area contributed by atoms with Gasteiger partial charge in [0.15, 0.2) is 6.29 Å². The van der Waals surface area contributed by atoms with Gasteiger partial charge in [-0.05, 0) is 30.7 Å². The van der Waals surface area contributed by atoms with Crippen molar-refractivity contribution in [1.29, 1.82) is 0 Å². The number of hydrogen-bond donors (Lipinski definition) is 0. The molecule has 1 aromatic carbocycles. The summed E-state index contributed by atoms with van der Waals surface area (Å²) in [4.78, 5) is 10.5. The van der Waals surface area contributed by atoms with Crippen molar-refractivity contribution in [1.82, 2.24) is 10.2 Å². The molecular weight excluding hydrogens is 244 g/mol. The van der Waals surface area contributed by atoms with Gasteiger partial charge in [0.25, 0.3) is 0 Å². The minimum absolute atomic E-state index is 0.356. The lowest BCUT2D eigenvalue weighted by molar-refractivity contribution is 0.111. The van der Waals surface area contributed by atoms with Crippen LogP contribution in [0, 0.1) is 6.92 Å². The van der Waals surface area contributed by atoms with Crippen molar-refractivity contribution >= 4 is 33.1 Å². The van der Waals surface area contributed by atoms with E-state index in [4.69, 9.17) is 0 Å². The van der Waals surface area contributed by atoms with Crippen LogP contribution in [0.2, 0.25) is 0 Å². The Kier molecular flexibility index (Phi) is 2.29. The van der Waals surface area contributed by atoms with Crippen molar-refractivity contribution in [3.63, 3.8) is 0 Å². The maximum absolute atomic E-state index is 10.5. The second-order valence-electron chi connectivity index (χ2n) is 3.05. The van der Waals surface area contributed by atoms with Crippen LogP contribution in [0.15, 0.2) is 22.7 Å². The number of carbonyl (C=O) groups is 1. The zero-order chi connectivity index (χ0) is 10.1. The van der Waals surface area contributed by atoms with E-state index in [1.54, 1.807) is 6.07 Å². The van der Waals surface area contributed by atoms with Crippen LogP contribution >= 0.6 is 15.9 Å². The topological polar surface area (TPSA) is 42.9 Å². The molecule has 0 aliphatic rings. The number of hydrogen-bond acceptors (Lipinski definition) is 3. The Hall–Kier alpha value is -1.29. The highest BCUT2D eigenvalue weighted by Crippen LogP contribution is 2.21. The molecule has 2 aromatic rings. The van der Waals surface area contributed by atoms with E-state index >= 15 is 0 Å². The molecule has 1 heterocycles. The van der Waals surface area contributed by atoms with Crippen molar-refractivity contribution in [2.75, 3.05) is 0 Å². The molecule has 0 bridgehead atoms. The van der Waals surface area contributed by atoms with Crippen LogP contribution in [0.25, 0.3) is 10.9 Å². The Bertz CT molecular complexity index is 511. The van der Waals surface area contributed by atoms with Gasteiger partial charge in [0.1, 0.15) is 5.69 Å². The predicted molar refractivity (Wildman–Crippen MR) is 57.4 cm³/mol. The molecule has 14 heavy (non-hydrogen) atoms. The van der Waals surface area contributed by atoms with E-state index in [9.17, 15) is 4.79 Å². The third kappa shape index (κ3) is 1.53. The van der Waals surface area contributed by atoms with Crippen LogP contribution in [0.4, 0.5) is 0 Å². The summed E-state index contributed by atoms with van der Waals surface area (Å²) < 4.78 is 0.979. The Morgan fingerprint density at radius 2 is 2.07 bits per heavy atom. The van der Waals surface area contributed by atoms with Crippen molar-refractivity contribution in [2.45, 2.75) is 6.92 Å². The molecule has 1 aromatic heterocycles. The molecule has 3 nitrogen and oxygen atoms in total. The summed E-state index contributed by atoms with van der Waals surface area (Å²) in [5.41, 5.74) is 2.23. The first-order valence-electron chi connectivity index (χ1n) is 4.09. The zero-order valence-electron chi connectivity index (χ0n) is 7.49. The number of nitrogens with zero attached hydrogens (tertiary/aromatic N) is 2. The quantitative estimate of drug-likeness (QED) is 0.731. The minimum atomic E-state index is 0.356. The highest BCUT2D eigenvalue weighted by atomic mass is 79.9. The van der Waals surface area contributed by atoms with E-state index < -0.39 is 0 Å². The number of carbonyl (C=O) groups excluding carboxylic acids is 1. The molecule has 0 radical (unpaired) electrons. The summed E-state index contributed by atoms with van der Waals surface area (Å²) in [6, 6.07) is 5.62. The van der Waals surface area contributed by atoms with Gasteiger partial charge in [-0.25, -0.2) is 0 Å². The number of aldehydes is 1. The van der Waals surface area contributed by atoms with E-state index in [2.05, 4.69) is 26.1 Å². The number of aryl methyl sites for hydroxylation is 1. The van der Waals surface area contributed by atoms with Gasteiger partial charge in [-0.2, -0.15) is 0 Å². The number of halogens is 1. The first kappa shape index (κ1) is 9.27. The largest absolute Gasteiger partial charge is 0.296 e. The molecule has 0 N–H and O–H groups in total. The Morgan fingerprint density at radius 3 is 2.79 bits per heavy atom. The lowest BCUT2D eigenvalue weighted by Gasteiger charge is -2.01. The summed E-state index contributed by atoms with van der Waals surface area (Å²) in [6.45, 7) is 1.96. The Balaban J connectivity index is 2.81. The number of benzene rings is 1. The van der Waals surface area contributed by atoms with Crippen LogP contribution < -0.4 is 0 Å². The molecule has 0 spiro atoms. The summed E-state index contributed by atoms with van der Waals surface area (Å²) in [6.07, 6.45) is 0.697. The second-order valence-corrected chi connectivity index (χ2v) is 3.96. The zero-order valence-corrected chi connectivity index (χ0v) is 9.08. The molecule has 0 saturated heterocycles. The van der Waals surface area contributed by atoms with E-state index in [0.29, 0.717) is 12.0 Å². The lowest BCUT2D eigenvalue weighted by Crippen LogP contribution is -1.93.